The third-order valence-electron chi connectivity index (χ3n) is 5.31. The average Bonchev–Trinajstić information content (AvgIpc) is 3.27. The minimum atomic E-state index is -0.194. The number of aryl methyl sites for hydroxylation is 2. The Kier molecular flexibility index (Phi) is 6.01. The molecular weight excluding hydrogens is 410 g/mol. The molecular formula is C23H25N5O2S. The molecule has 0 radical (unpaired) electrons. The molecule has 0 spiro atoms. The Hall–Kier alpha value is -3.23. The van der Waals surface area contributed by atoms with Crippen molar-refractivity contribution in [3.05, 3.63) is 77.4 Å². The number of pyridine rings is 1. The van der Waals surface area contributed by atoms with Crippen LogP contribution in [0.2, 0.25) is 0 Å². The summed E-state index contributed by atoms with van der Waals surface area (Å²) in [7, 11) is 1.49. The molecule has 7 nitrogen and oxygen atoms in total. The summed E-state index contributed by atoms with van der Waals surface area (Å²) in [5, 5.41) is 6.91. The second-order valence-electron chi connectivity index (χ2n) is 7.56. The molecule has 160 valence electrons. The maximum Gasteiger partial charge on any atom is 0.250 e. The van der Waals surface area contributed by atoms with Crippen molar-refractivity contribution in [3.8, 4) is 0 Å². The van der Waals surface area contributed by atoms with Crippen molar-refractivity contribution in [1.29, 1.82) is 0 Å². The molecule has 0 bridgehead atoms. The van der Waals surface area contributed by atoms with Gasteiger partial charge in [-0.25, -0.2) is 0 Å². The summed E-state index contributed by atoms with van der Waals surface area (Å²) in [5.41, 5.74) is 5.93. The molecule has 1 aliphatic heterocycles. The van der Waals surface area contributed by atoms with Crippen molar-refractivity contribution < 1.29 is 9.53 Å². The first-order chi connectivity index (χ1) is 15.0. The minimum absolute atomic E-state index is 0.0157. The van der Waals surface area contributed by atoms with E-state index in [1.807, 2.05) is 42.5 Å². The van der Waals surface area contributed by atoms with Crippen molar-refractivity contribution >= 4 is 34.6 Å². The molecule has 0 aliphatic carbocycles. The van der Waals surface area contributed by atoms with Gasteiger partial charge in [-0.15, -0.1) is 0 Å². The molecule has 1 saturated heterocycles. The quantitative estimate of drug-likeness (QED) is 0.511. The second-order valence-corrected chi connectivity index (χ2v) is 7.94. The van der Waals surface area contributed by atoms with Crippen molar-refractivity contribution in [2.45, 2.75) is 25.9 Å². The molecule has 3 aromatic rings. The van der Waals surface area contributed by atoms with E-state index in [1.54, 1.807) is 6.20 Å². The van der Waals surface area contributed by atoms with Gasteiger partial charge in [0.25, 0.3) is 0 Å². The number of thiocarbonyl (C=S) groups is 1. The van der Waals surface area contributed by atoms with Crippen LogP contribution in [0.15, 0.2) is 54.7 Å². The standard InChI is InChI=1S/C23H25N5O2S/c1-14-12-18(15(2)25-14)22-21(19-6-4-5-11-24-19)27-23(31)28(22)17-9-7-16(8-10-17)26-20(29)13-30-3/h4-12,21-22,25H,13H2,1-3H3,(H,26,29)(H,27,31)/t21-,22+/m1/s1. The molecule has 31 heavy (non-hydrogen) atoms. The lowest BCUT2D eigenvalue weighted by molar-refractivity contribution is -0.119. The highest BCUT2D eigenvalue weighted by molar-refractivity contribution is 7.80. The number of methoxy groups -OCH3 is 1. The highest BCUT2D eigenvalue weighted by Gasteiger charge is 2.41. The number of rotatable bonds is 6. The molecule has 3 N–H and O–H groups in total. The van der Waals surface area contributed by atoms with Crippen LogP contribution in [0.5, 0.6) is 0 Å². The summed E-state index contributed by atoms with van der Waals surface area (Å²) in [4.78, 5) is 21.9. The molecule has 0 saturated carbocycles. The van der Waals surface area contributed by atoms with Crippen LogP contribution < -0.4 is 15.5 Å². The van der Waals surface area contributed by atoms with Crippen LogP contribution in [0, 0.1) is 13.8 Å². The number of amides is 1. The van der Waals surface area contributed by atoms with E-state index < -0.39 is 0 Å². The Morgan fingerprint density at radius 3 is 2.61 bits per heavy atom. The highest BCUT2D eigenvalue weighted by atomic mass is 32.1. The van der Waals surface area contributed by atoms with Crippen molar-refractivity contribution in [1.82, 2.24) is 15.3 Å². The molecule has 1 fully saturated rings. The lowest BCUT2D eigenvalue weighted by Gasteiger charge is -2.28. The molecule has 3 heterocycles. The number of nitrogens with one attached hydrogen (secondary N) is 3. The summed E-state index contributed by atoms with van der Waals surface area (Å²) in [6.07, 6.45) is 1.80. The van der Waals surface area contributed by atoms with E-state index in [0.29, 0.717) is 10.8 Å². The average molecular weight is 436 g/mol. The maximum absolute atomic E-state index is 11.8. The molecule has 4 rings (SSSR count). The van der Waals surface area contributed by atoms with E-state index in [9.17, 15) is 4.79 Å². The number of aromatic amines is 1. The first-order valence-corrected chi connectivity index (χ1v) is 10.4. The van der Waals surface area contributed by atoms with Gasteiger partial charge >= 0.3 is 0 Å². The number of H-pyrrole nitrogens is 1. The topological polar surface area (TPSA) is 82.3 Å². The molecule has 1 aliphatic rings. The largest absolute Gasteiger partial charge is 0.375 e. The van der Waals surface area contributed by atoms with E-state index in [0.717, 1.165) is 28.3 Å². The predicted molar refractivity (Wildman–Crippen MR) is 125 cm³/mol. The minimum Gasteiger partial charge on any atom is -0.375 e. The van der Waals surface area contributed by atoms with Gasteiger partial charge in [-0.1, -0.05) is 6.07 Å². The number of carbonyl (C=O) groups excluding carboxylic acids is 1. The fourth-order valence-corrected chi connectivity index (χ4v) is 4.38. The number of hydrogen-bond acceptors (Lipinski definition) is 4. The normalized spacial score (nSPS) is 18.2. The number of benzene rings is 1. The van der Waals surface area contributed by atoms with E-state index in [1.165, 1.54) is 7.11 Å². The Morgan fingerprint density at radius 1 is 1.23 bits per heavy atom. The van der Waals surface area contributed by atoms with Gasteiger partial charge in [0.15, 0.2) is 5.11 Å². The summed E-state index contributed by atoms with van der Waals surface area (Å²) >= 11 is 5.75. The third kappa shape index (κ3) is 4.30. The van der Waals surface area contributed by atoms with E-state index in [4.69, 9.17) is 17.0 Å². The Balaban J connectivity index is 1.70. The maximum atomic E-state index is 11.8. The molecule has 1 aromatic carbocycles. The Labute approximate surface area is 186 Å². The zero-order chi connectivity index (χ0) is 22.0. The van der Waals surface area contributed by atoms with Crippen molar-refractivity contribution in [2.75, 3.05) is 23.9 Å². The van der Waals surface area contributed by atoms with Crippen LogP contribution in [-0.4, -0.2) is 34.7 Å². The van der Waals surface area contributed by atoms with Gasteiger partial charge in [0, 0.05) is 36.1 Å². The van der Waals surface area contributed by atoms with Gasteiger partial charge in [-0.05, 0) is 74.1 Å². The fourth-order valence-electron chi connectivity index (χ4n) is 4.04. The second kappa shape index (κ2) is 8.87. The number of aromatic nitrogens is 2. The summed E-state index contributed by atoms with van der Waals surface area (Å²) in [6, 6.07) is 15.6. The van der Waals surface area contributed by atoms with Crippen molar-refractivity contribution in [3.63, 3.8) is 0 Å². The number of nitrogens with zero attached hydrogens (tertiary/aromatic N) is 2. The predicted octanol–water partition coefficient (Wildman–Crippen LogP) is 3.79. The van der Waals surface area contributed by atoms with Gasteiger partial charge in [0.2, 0.25) is 5.91 Å². The van der Waals surface area contributed by atoms with Crippen LogP contribution in [0.4, 0.5) is 11.4 Å². The highest BCUT2D eigenvalue weighted by Crippen LogP contribution is 2.42. The Morgan fingerprint density at radius 2 is 2.00 bits per heavy atom. The molecule has 0 unspecified atom stereocenters. The molecule has 2 aromatic heterocycles. The zero-order valence-corrected chi connectivity index (χ0v) is 18.5. The third-order valence-corrected chi connectivity index (χ3v) is 5.63. The Bertz CT molecular complexity index is 1080. The van der Waals surface area contributed by atoms with Crippen LogP contribution in [-0.2, 0) is 9.53 Å². The monoisotopic (exact) mass is 435 g/mol. The lowest BCUT2D eigenvalue weighted by atomic mass is 9.96. The first-order valence-electron chi connectivity index (χ1n) is 10.0. The summed E-state index contributed by atoms with van der Waals surface area (Å²) in [6.45, 7) is 4.14. The van der Waals surface area contributed by atoms with Crippen molar-refractivity contribution in [2.24, 2.45) is 0 Å². The van der Waals surface area contributed by atoms with Gasteiger partial charge in [0.1, 0.15) is 6.61 Å². The summed E-state index contributed by atoms with van der Waals surface area (Å²) < 4.78 is 4.87. The molecule has 2 atom stereocenters. The first kappa shape index (κ1) is 21.0. The number of carbonyl (C=O) groups is 1. The number of ether oxygens (including phenoxy) is 1. The van der Waals surface area contributed by atoms with E-state index in [2.05, 4.69) is 45.4 Å². The number of anilines is 2. The van der Waals surface area contributed by atoms with Crippen LogP contribution in [0.1, 0.15) is 34.7 Å². The van der Waals surface area contributed by atoms with Gasteiger partial charge in [-0.2, -0.15) is 0 Å². The van der Waals surface area contributed by atoms with E-state index >= 15 is 0 Å². The van der Waals surface area contributed by atoms with Crippen LogP contribution in [0.25, 0.3) is 0 Å². The SMILES string of the molecule is COCC(=O)Nc1ccc(N2C(=S)N[C@H](c3ccccn3)[C@@H]2c2cc(C)[nH]c2C)cc1. The zero-order valence-electron chi connectivity index (χ0n) is 17.7. The molecule has 1 amide bonds. The molecule has 8 heteroatoms. The van der Waals surface area contributed by atoms with Crippen LogP contribution >= 0.6 is 12.2 Å². The van der Waals surface area contributed by atoms with E-state index in [-0.39, 0.29) is 24.6 Å². The van der Waals surface area contributed by atoms with Gasteiger partial charge < -0.3 is 25.3 Å². The summed E-state index contributed by atoms with van der Waals surface area (Å²) in [5.74, 6) is -0.194. The fraction of sp³-hybridized carbons (Fsp3) is 0.261. The van der Waals surface area contributed by atoms with Gasteiger partial charge in [-0.3, -0.25) is 9.78 Å². The number of hydrogen-bond donors (Lipinski definition) is 3. The lowest BCUT2D eigenvalue weighted by Crippen LogP contribution is -2.29. The van der Waals surface area contributed by atoms with Gasteiger partial charge in [0.05, 0.1) is 17.8 Å². The smallest absolute Gasteiger partial charge is 0.250 e. The van der Waals surface area contributed by atoms with Crippen LogP contribution in [0.3, 0.4) is 0 Å².